The maximum Gasteiger partial charge on any atom is 0.269 e. The van der Waals surface area contributed by atoms with E-state index in [4.69, 9.17) is 28.4 Å². The minimum atomic E-state index is -4.66. The average Bonchev–Trinajstić information content (AvgIpc) is 4.00. The number of aryl methyl sites for hydroxylation is 2. The molecule has 0 bridgehead atoms. The normalized spacial score (nSPS) is 11.2. The van der Waals surface area contributed by atoms with Gasteiger partial charge in [0.1, 0.15) is 68.6 Å². The van der Waals surface area contributed by atoms with Crippen molar-refractivity contribution in [2.24, 2.45) is 0 Å². The number of nitrogens with zero attached hydrogens (tertiary/aromatic N) is 5. The van der Waals surface area contributed by atoms with Crippen LogP contribution in [0.25, 0.3) is 0 Å². The lowest BCUT2D eigenvalue weighted by atomic mass is 10.2. The molecule has 0 amide bonds. The van der Waals surface area contributed by atoms with Crippen LogP contribution in [0.5, 0.6) is 46.0 Å². The number of rotatable bonds is 16. The van der Waals surface area contributed by atoms with Crippen LogP contribution in [0.1, 0.15) is 16.7 Å². The molecule has 0 aliphatic carbocycles. The Morgan fingerprint density at radius 1 is 0.569 bits per heavy atom. The number of halogens is 4. The highest BCUT2D eigenvalue weighted by molar-refractivity contribution is 7.93. The second-order valence-electron chi connectivity index (χ2n) is 13.3. The van der Waals surface area contributed by atoms with E-state index in [9.17, 15) is 25.6 Å². The van der Waals surface area contributed by atoms with Crippen molar-refractivity contribution in [2.75, 3.05) is 37.5 Å². The standard InChI is InChI=1S/C25H23F2N3O6S2.C16H13F2N3O4S2/c1-15-7-18(34-3)9-19(8-15)36-23-11-21(27)24(12-20(23)26)38(31,32)30(25-28-14-29-37-25)13-16-5-6-17(33-2)10-22(16)35-4;1-9-3-10(24-2)5-11(4-9)25-14-6-13(18)15(7-12(14)17)27(22,23)21-16-19-8-20-26-16/h5-12,14H,13H2,1-4H3;3-8H,1-2H3,(H,19,20,21). The van der Waals surface area contributed by atoms with Crippen molar-refractivity contribution in [3.63, 3.8) is 0 Å². The molecule has 1 N–H and O–H groups in total. The number of benzene rings is 5. The van der Waals surface area contributed by atoms with Crippen molar-refractivity contribution in [3.8, 4) is 46.0 Å². The van der Waals surface area contributed by atoms with Crippen molar-refractivity contribution in [1.82, 2.24) is 18.7 Å². The lowest BCUT2D eigenvalue weighted by molar-refractivity contribution is 0.391. The zero-order valence-corrected chi connectivity index (χ0v) is 38.1. The van der Waals surface area contributed by atoms with E-state index in [1.54, 1.807) is 56.3 Å². The molecule has 5 aromatic carbocycles. The quantitative estimate of drug-likeness (QED) is 0.0903. The molecular weight excluding hydrogens is 941 g/mol. The van der Waals surface area contributed by atoms with E-state index < -0.39 is 64.6 Å². The van der Waals surface area contributed by atoms with Gasteiger partial charge in [-0.15, -0.1) is 0 Å². The highest BCUT2D eigenvalue weighted by Crippen LogP contribution is 2.36. The maximum atomic E-state index is 15.3. The molecular formula is C41H36F4N6O10S4. The molecule has 0 saturated carbocycles. The van der Waals surface area contributed by atoms with Crippen LogP contribution in [0.2, 0.25) is 0 Å². The molecule has 0 unspecified atom stereocenters. The predicted molar refractivity (Wildman–Crippen MR) is 232 cm³/mol. The second-order valence-corrected chi connectivity index (χ2v) is 18.3. The summed E-state index contributed by atoms with van der Waals surface area (Å²) in [5.74, 6) is -3.30. The van der Waals surface area contributed by atoms with Gasteiger partial charge in [-0.1, -0.05) is 0 Å². The van der Waals surface area contributed by atoms with Gasteiger partial charge in [0.15, 0.2) is 23.1 Å². The van der Waals surface area contributed by atoms with E-state index in [0.29, 0.717) is 52.8 Å². The zero-order chi connectivity index (χ0) is 47.1. The number of aromatic nitrogens is 4. The Labute approximate surface area is 378 Å². The number of methoxy groups -OCH3 is 4. The molecule has 342 valence electrons. The summed E-state index contributed by atoms with van der Waals surface area (Å²) in [7, 11) is -3.22. The van der Waals surface area contributed by atoms with Gasteiger partial charge in [0.25, 0.3) is 20.0 Å². The monoisotopic (exact) mass is 976 g/mol. The molecule has 24 heteroatoms. The SMILES string of the molecule is COc1cc(C)cc(Oc2cc(F)c(S(=O)(=O)N(Cc3ccc(OC)cc3OC)c3ncns3)cc2F)c1.COc1cc(C)cc(Oc2cc(F)c(S(=O)(=O)Nc3ncns3)cc2F)c1. The highest BCUT2D eigenvalue weighted by atomic mass is 32.2. The molecule has 0 aliphatic heterocycles. The topological polar surface area (TPSA) is 190 Å². The Balaban J connectivity index is 0.000000228. The van der Waals surface area contributed by atoms with Crippen LogP contribution >= 0.6 is 23.1 Å². The van der Waals surface area contributed by atoms with E-state index in [2.05, 4.69) is 18.7 Å². The summed E-state index contributed by atoms with van der Waals surface area (Å²) in [6, 6.07) is 16.9. The van der Waals surface area contributed by atoms with Gasteiger partial charge in [0.05, 0.1) is 35.0 Å². The van der Waals surface area contributed by atoms with Crippen LogP contribution in [0, 0.1) is 37.1 Å². The Kier molecular flexibility index (Phi) is 15.0. The summed E-state index contributed by atoms with van der Waals surface area (Å²) < 4.78 is 153. The number of ether oxygens (including phenoxy) is 6. The molecule has 65 heavy (non-hydrogen) atoms. The largest absolute Gasteiger partial charge is 0.497 e. The first-order chi connectivity index (χ1) is 30.9. The number of hydrogen-bond acceptors (Lipinski definition) is 16. The van der Waals surface area contributed by atoms with Gasteiger partial charge in [-0.3, -0.25) is 4.72 Å². The molecule has 0 radical (unpaired) electrons. The second kappa shape index (κ2) is 20.4. The van der Waals surface area contributed by atoms with Crippen molar-refractivity contribution in [1.29, 1.82) is 0 Å². The van der Waals surface area contributed by atoms with Crippen molar-refractivity contribution < 1.29 is 62.8 Å². The summed E-state index contributed by atoms with van der Waals surface area (Å²) in [5.41, 5.74) is 1.98. The summed E-state index contributed by atoms with van der Waals surface area (Å²) >= 11 is 1.54. The first-order valence-electron chi connectivity index (χ1n) is 18.4. The van der Waals surface area contributed by atoms with Gasteiger partial charge < -0.3 is 28.4 Å². The Bertz CT molecular complexity index is 3020. The molecule has 0 atom stereocenters. The van der Waals surface area contributed by atoms with E-state index in [-0.39, 0.29) is 28.3 Å². The van der Waals surface area contributed by atoms with Crippen LogP contribution in [0.15, 0.2) is 101 Å². The lowest BCUT2D eigenvalue weighted by Gasteiger charge is -2.23. The average molecular weight is 977 g/mol. The van der Waals surface area contributed by atoms with E-state index >= 15 is 8.78 Å². The summed E-state index contributed by atoms with van der Waals surface area (Å²) in [6.07, 6.45) is 2.30. The van der Waals surface area contributed by atoms with Crippen LogP contribution < -0.4 is 37.4 Å². The number of sulfonamides is 2. The maximum absolute atomic E-state index is 15.3. The van der Waals surface area contributed by atoms with Crippen LogP contribution in [-0.2, 0) is 26.6 Å². The fraction of sp³-hybridized carbons (Fsp3) is 0.171. The van der Waals surface area contributed by atoms with Gasteiger partial charge in [0.2, 0.25) is 10.3 Å². The van der Waals surface area contributed by atoms with Crippen LogP contribution in [0.3, 0.4) is 0 Å². The Hall–Kier alpha value is -6.76. The summed E-state index contributed by atoms with van der Waals surface area (Å²) in [5, 5.41) is -0.114. The molecule has 2 aromatic heterocycles. The number of anilines is 2. The summed E-state index contributed by atoms with van der Waals surface area (Å²) in [4.78, 5) is 5.85. The first kappa shape index (κ1) is 47.7. The minimum absolute atomic E-state index is 0.0464. The molecule has 16 nitrogen and oxygen atoms in total. The molecule has 0 fully saturated rings. The number of nitrogens with one attached hydrogen (secondary N) is 1. The third-order valence-electron chi connectivity index (χ3n) is 8.76. The first-order valence-corrected chi connectivity index (χ1v) is 22.9. The van der Waals surface area contributed by atoms with E-state index in [1.807, 2.05) is 4.72 Å². The fourth-order valence-electron chi connectivity index (χ4n) is 5.79. The van der Waals surface area contributed by atoms with Gasteiger partial charge >= 0.3 is 0 Å². The van der Waals surface area contributed by atoms with Gasteiger partial charge in [-0.05, 0) is 61.4 Å². The van der Waals surface area contributed by atoms with Gasteiger partial charge in [-0.25, -0.2) is 48.7 Å². The van der Waals surface area contributed by atoms with Gasteiger partial charge in [-0.2, -0.15) is 8.75 Å². The van der Waals surface area contributed by atoms with Crippen molar-refractivity contribution in [3.05, 3.63) is 131 Å². The smallest absolute Gasteiger partial charge is 0.269 e. The molecule has 7 rings (SSSR count). The number of hydrogen-bond donors (Lipinski definition) is 1. The predicted octanol–water partition coefficient (Wildman–Crippen LogP) is 9.06. The Morgan fingerprint density at radius 3 is 1.60 bits per heavy atom. The molecule has 0 spiro atoms. The molecule has 2 heterocycles. The van der Waals surface area contributed by atoms with Crippen LogP contribution in [0.4, 0.5) is 27.8 Å². The third-order valence-corrected chi connectivity index (χ3v) is 13.4. The van der Waals surface area contributed by atoms with Crippen molar-refractivity contribution in [2.45, 2.75) is 30.2 Å². The third kappa shape index (κ3) is 11.5. The van der Waals surface area contributed by atoms with Crippen LogP contribution in [-0.4, -0.2) is 64.0 Å². The van der Waals surface area contributed by atoms with E-state index in [0.717, 1.165) is 51.2 Å². The molecule has 7 aromatic rings. The highest BCUT2D eigenvalue weighted by Gasteiger charge is 2.33. The molecule has 0 saturated heterocycles. The van der Waals surface area contributed by atoms with E-state index in [1.165, 1.54) is 40.6 Å². The Morgan fingerprint density at radius 2 is 1.09 bits per heavy atom. The minimum Gasteiger partial charge on any atom is -0.497 e. The van der Waals surface area contributed by atoms with Gasteiger partial charge in [0, 0.05) is 71.1 Å². The zero-order valence-electron chi connectivity index (χ0n) is 34.8. The van der Waals surface area contributed by atoms with Crippen molar-refractivity contribution >= 4 is 53.4 Å². The molecule has 0 aliphatic rings. The lowest BCUT2D eigenvalue weighted by Crippen LogP contribution is -2.31. The summed E-state index contributed by atoms with van der Waals surface area (Å²) in [6.45, 7) is 3.26. The fourth-order valence-corrected chi connectivity index (χ4v) is 9.72.